The van der Waals surface area contributed by atoms with E-state index in [4.69, 9.17) is 0 Å². The van der Waals surface area contributed by atoms with Crippen molar-refractivity contribution in [1.29, 1.82) is 0 Å². The third kappa shape index (κ3) is 4.06. The molecule has 1 aromatic rings. The summed E-state index contributed by atoms with van der Waals surface area (Å²) < 4.78 is 0. The van der Waals surface area contributed by atoms with Gasteiger partial charge in [0.05, 0.1) is 0 Å². The lowest BCUT2D eigenvalue weighted by Crippen LogP contribution is -2.33. The molecule has 2 N–H and O–H groups in total. The molecule has 0 unspecified atom stereocenters. The van der Waals surface area contributed by atoms with Crippen LogP contribution in [0.1, 0.15) is 38.1 Å². The Morgan fingerprint density at radius 3 is 2.06 bits per heavy atom. The van der Waals surface area contributed by atoms with Gasteiger partial charge < -0.3 is 10.4 Å². The van der Waals surface area contributed by atoms with E-state index in [1.807, 2.05) is 0 Å². The average Bonchev–Trinajstić information content (AvgIpc) is 2.28. The highest BCUT2D eigenvalue weighted by Gasteiger charge is 2.18. The highest BCUT2D eigenvalue weighted by molar-refractivity contribution is 5.94. The molecule has 3 heteroatoms. The monoisotopic (exact) mass is 249 g/mol. The third-order valence-electron chi connectivity index (χ3n) is 3.34. The van der Waals surface area contributed by atoms with E-state index in [0.29, 0.717) is 29.9 Å². The molecule has 0 saturated heterocycles. The minimum Gasteiger partial charge on any atom is -0.508 e. The molecule has 0 heterocycles. The van der Waals surface area contributed by atoms with E-state index >= 15 is 0 Å². The number of hydrogen-bond donors (Lipinski definition) is 2. The second-order valence-corrected chi connectivity index (χ2v) is 5.41. The summed E-state index contributed by atoms with van der Waals surface area (Å²) in [5, 5.41) is 12.1. The van der Waals surface area contributed by atoms with Gasteiger partial charge in [-0.1, -0.05) is 27.7 Å². The number of carbonyl (C=O) groups is 1. The van der Waals surface area contributed by atoms with E-state index in [1.54, 1.807) is 12.1 Å². The number of rotatable bonds is 5. The second kappa shape index (κ2) is 6.43. The predicted octanol–water partition coefficient (Wildman–Crippen LogP) is 3.05. The molecule has 1 rings (SSSR count). The lowest BCUT2D eigenvalue weighted by Gasteiger charge is -2.25. The van der Waals surface area contributed by atoms with Crippen LogP contribution >= 0.6 is 0 Å². The SMILES string of the molecule is CC(C)C(CNC(=O)c1ccc(O)cc1)C(C)C. The van der Waals surface area contributed by atoms with Gasteiger partial charge in [-0.3, -0.25) is 4.79 Å². The number of carbonyl (C=O) groups excluding carboxylic acids is 1. The van der Waals surface area contributed by atoms with Gasteiger partial charge in [0.15, 0.2) is 0 Å². The highest BCUT2D eigenvalue weighted by atomic mass is 16.3. The fraction of sp³-hybridized carbons (Fsp3) is 0.533. The van der Waals surface area contributed by atoms with Gasteiger partial charge in [0.2, 0.25) is 0 Å². The summed E-state index contributed by atoms with van der Waals surface area (Å²) in [6.45, 7) is 9.40. The normalized spacial score (nSPS) is 11.3. The Labute approximate surface area is 109 Å². The zero-order valence-corrected chi connectivity index (χ0v) is 11.6. The van der Waals surface area contributed by atoms with Gasteiger partial charge in [0, 0.05) is 12.1 Å². The van der Waals surface area contributed by atoms with Crippen LogP contribution in [-0.2, 0) is 0 Å². The minimum atomic E-state index is -0.0821. The molecule has 18 heavy (non-hydrogen) atoms. The zero-order chi connectivity index (χ0) is 13.7. The van der Waals surface area contributed by atoms with Crippen LogP contribution in [-0.4, -0.2) is 17.6 Å². The average molecular weight is 249 g/mol. The summed E-state index contributed by atoms with van der Waals surface area (Å²) in [6, 6.07) is 6.31. The molecule has 0 fully saturated rings. The number of aromatic hydroxyl groups is 1. The van der Waals surface area contributed by atoms with Crippen LogP contribution in [0.5, 0.6) is 5.75 Å². The Kier molecular flexibility index (Phi) is 5.20. The molecule has 0 saturated carbocycles. The van der Waals surface area contributed by atoms with E-state index in [-0.39, 0.29) is 11.7 Å². The molecule has 0 radical (unpaired) electrons. The third-order valence-corrected chi connectivity index (χ3v) is 3.34. The van der Waals surface area contributed by atoms with Crippen molar-refractivity contribution in [2.24, 2.45) is 17.8 Å². The van der Waals surface area contributed by atoms with Gasteiger partial charge >= 0.3 is 0 Å². The van der Waals surface area contributed by atoms with Crippen LogP contribution in [0.4, 0.5) is 0 Å². The number of hydrogen-bond acceptors (Lipinski definition) is 2. The predicted molar refractivity (Wildman–Crippen MR) is 73.6 cm³/mol. The van der Waals surface area contributed by atoms with Crippen molar-refractivity contribution >= 4 is 5.91 Å². The van der Waals surface area contributed by atoms with Crippen LogP contribution in [0.3, 0.4) is 0 Å². The van der Waals surface area contributed by atoms with Crippen molar-refractivity contribution in [1.82, 2.24) is 5.32 Å². The van der Waals surface area contributed by atoms with Gasteiger partial charge in [-0.2, -0.15) is 0 Å². The van der Waals surface area contributed by atoms with E-state index in [9.17, 15) is 9.90 Å². The first-order valence-corrected chi connectivity index (χ1v) is 6.49. The quantitative estimate of drug-likeness (QED) is 0.842. The lowest BCUT2D eigenvalue weighted by atomic mass is 9.85. The summed E-state index contributed by atoms with van der Waals surface area (Å²) >= 11 is 0. The van der Waals surface area contributed by atoms with E-state index in [2.05, 4.69) is 33.0 Å². The van der Waals surface area contributed by atoms with Crippen molar-refractivity contribution < 1.29 is 9.90 Å². The maximum atomic E-state index is 11.9. The van der Waals surface area contributed by atoms with E-state index < -0.39 is 0 Å². The number of nitrogens with one attached hydrogen (secondary N) is 1. The second-order valence-electron chi connectivity index (χ2n) is 5.41. The Morgan fingerprint density at radius 2 is 1.61 bits per heavy atom. The van der Waals surface area contributed by atoms with Crippen LogP contribution in [0, 0.1) is 17.8 Å². The maximum absolute atomic E-state index is 11.9. The van der Waals surface area contributed by atoms with Crippen molar-refractivity contribution in [2.75, 3.05) is 6.54 Å². The Hall–Kier alpha value is -1.51. The first-order valence-electron chi connectivity index (χ1n) is 6.49. The van der Waals surface area contributed by atoms with Gasteiger partial charge in [-0.05, 0) is 42.0 Å². The minimum absolute atomic E-state index is 0.0821. The summed E-state index contributed by atoms with van der Waals surface area (Å²) in [5.41, 5.74) is 0.582. The molecule has 100 valence electrons. The first-order chi connectivity index (χ1) is 8.41. The number of phenolic OH excluding ortho intramolecular Hbond substituents is 1. The molecular formula is C15H23NO2. The molecular weight excluding hydrogens is 226 g/mol. The molecule has 0 bridgehead atoms. The smallest absolute Gasteiger partial charge is 0.251 e. The fourth-order valence-corrected chi connectivity index (χ4v) is 2.17. The van der Waals surface area contributed by atoms with Gasteiger partial charge in [-0.15, -0.1) is 0 Å². The number of benzene rings is 1. The van der Waals surface area contributed by atoms with Crippen LogP contribution < -0.4 is 5.32 Å². The van der Waals surface area contributed by atoms with Gasteiger partial charge in [-0.25, -0.2) is 0 Å². The fourth-order valence-electron chi connectivity index (χ4n) is 2.17. The maximum Gasteiger partial charge on any atom is 0.251 e. The first kappa shape index (κ1) is 14.6. The summed E-state index contributed by atoms with van der Waals surface area (Å²) in [4.78, 5) is 11.9. The van der Waals surface area contributed by atoms with E-state index in [1.165, 1.54) is 12.1 Å². The van der Waals surface area contributed by atoms with Gasteiger partial charge in [0.1, 0.15) is 5.75 Å². The van der Waals surface area contributed by atoms with Gasteiger partial charge in [0.25, 0.3) is 5.91 Å². The Bertz CT molecular complexity index is 374. The molecule has 0 aliphatic carbocycles. The van der Waals surface area contributed by atoms with E-state index in [0.717, 1.165) is 0 Å². The molecule has 0 atom stereocenters. The largest absolute Gasteiger partial charge is 0.508 e. The topological polar surface area (TPSA) is 49.3 Å². The van der Waals surface area contributed by atoms with Crippen molar-refractivity contribution in [2.45, 2.75) is 27.7 Å². The molecule has 0 aromatic heterocycles. The van der Waals surface area contributed by atoms with Crippen LogP contribution in [0.2, 0.25) is 0 Å². The van der Waals surface area contributed by atoms with Crippen molar-refractivity contribution in [3.63, 3.8) is 0 Å². The highest BCUT2D eigenvalue weighted by Crippen LogP contribution is 2.19. The summed E-state index contributed by atoms with van der Waals surface area (Å²) in [6.07, 6.45) is 0. The summed E-state index contributed by atoms with van der Waals surface area (Å²) in [7, 11) is 0. The Balaban J connectivity index is 2.57. The van der Waals surface area contributed by atoms with Crippen molar-refractivity contribution in [3.8, 4) is 5.75 Å². The van der Waals surface area contributed by atoms with Crippen molar-refractivity contribution in [3.05, 3.63) is 29.8 Å². The molecule has 0 aliphatic rings. The molecule has 3 nitrogen and oxygen atoms in total. The molecule has 1 aromatic carbocycles. The number of phenols is 1. The lowest BCUT2D eigenvalue weighted by molar-refractivity contribution is 0.0937. The Morgan fingerprint density at radius 1 is 1.11 bits per heavy atom. The molecule has 1 amide bonds. The number of amides is 1. The summed E-state index contributed by atoms with van der Waals surface area (Å²) in [5.74, 6) is 1.66. The molecule has 0 aliphatic heterocycles. The van der Waals surface area contributed by atoms with Crippen LogP contribution in [0.25, 0.3) is 0 Å². The molecule has 0 spiro atoms. The zero-order valence-electron chi connectivity index (χ0n) is 11.6. The standard InChI is InChI=1S/C15H23NO2/c1-10(2)14(11(3)4)9-16-15(18)12-5-7-13(17)8-6-12/h5-8,10-11,14,17H,9H2,1-4H3,(H,16,18). The van der Waals surface area contributed by atoms with Crippen LogP contribution in [0.15, 0.2) is 24.3 Å².